The van der Waals surface area contributed by atoms with Crippen molar-refractivity contribution in [3.05, 3.63) is 63.2 Å². The fourth-order valence-electron chi connectivity index (χ4n) is 1.85. The summed E-state index contributed by atoms with van der Waals surface area (Å²) in [5.41, 5.74) is 2.64. The molecule has 0 aliphatic carbocycles. The fraction of sp³-hybridized carbons (Fsp3) is 0. The van der Waals surface area contributed by atoms with Crippen LogP contribution in [0.25, 0.3) is 21.8 Å². The molecule has 1 nitrogen and oxygen atoms in total. The van der Waals surface area contributed by atoms with E-state index in [1.54, 1.807) is 6.07 Å². The summed E-state index contributed by atoms with van der Waals surface area (Å²) in [5.74, 6) is -0.346. The molecule has 0 aliphatic rings. The van der Waals surface area contributed by atoms with Gasteiger partial charge in [-0.1, -0.05) is 45.7 Å². The van der Waals surface area contributed by atoms with E-state index in [0.717, 1.165) is 26.3 Å². The van der Waals surface area contributed by atoms with Crippen LogP contribution in [0.2, 0.25) is 5.02 Å². The van der Waals surface area contributed by atoms with Crippen molar-refractivity contribution < 1.29 is 4.39 Å². The molecule has 20 heavy (non-hydrogen) atoms. The summed E-state index contributed by atoms with van der Waals surface area (Å²) in [5, 5.41) is 3.12. The van der Waals surface area contributed by atoms with E-state index < -0.39 is 0 Å². The van der Waals surface area contributed by atoms with Crippen LogP contribution in [0.1, 0.15) is 0 Å². The molecule has 0 spiro atoms. The van der Waals surface area contributed by atoms with Crippen LogP contribution in [0, 0.1) is 5.82 Å². The molecule has 1 aromatic heterocycles. The van der Waals surface area contributed by atoms with Crippen molar-refractivity contribution in [2.45, 2.75) is 0 Å². The minimum Gasteiger partial charge on any atom is -0.236 e. The molecule has 0 fully saturated rings. The van der Waals surface area contributed by atoms with E-state index in [1.165, 1.54) is 23.5 Å². The Kier molecular flexibility index (Phi) is 3.87. The molecule has 0 amide bonds. The number of nitrogens with zero attached hydrogens (tertiary/aromatic N) is 1. The molecule has 1 heterocycles. The van der Waals surface area contributed by atoms with Gasteiger partial charge >= 0.3 is 0 Å². The standard InChI is InChI=1S/C15H8BrClFNS/c16-12-4-2-1-3-10(12)14-8-20-15(19-14)11-6-5-9(18)7-13(11)17/h1-8H. The molecule has 3 rings (SSSR count). The highest BCUT2D eigenvalue weighted by Gasteiger charge is 2.11. The van der Waals surface area contributed by atoms with Gasteiger partial charge in [-0.2, -0.15) is 0 Å². The van der Waals surface area contributed by atoms with E-state index >= 15 is 0 Å². The van der Waals surface area contributed by atoms with Crippen LogP contribution in [-0.2, 0) is 0 Å². The number of aromatic nitrogens is 1. The maximum Gasteiger partial charge on any atom is 0.125 e. The number of halogens is 3. The Labute approximate surface area is 133 Å². The van der Waals surface area contributed by atoms with Gasteiger partial charge in [0, 0.05) is 21.0 Å². The SMILES string of the molecule is Fc1ccc(-c2nc(-c3ccccc3Br)cs2)c(Cl)c1. The quantitative estimate of drug-likeness (QED) is 0.538. The Morgan fingerprint density at radius 3 is 2.65 bits per heavy atom. The predicted molar refractivity (Wildman–Crippen MR) is 85.7 cm³/mol. The zero-order valence-corrected chi connectivity index (χ0v) is 13.3. The van der Waals surface area contributed by atoms with E-state index in [4.69, 9.17) is 11.6 Å². The summed E-state index contributed by atoms with van der Waals surface area (Å²) < 4.78 is 14.1. The van der Waals surface area contributed by atoms with E-state index in [1.807, 2.05) is 29.6 Å². The second kappa shape index (κ2) is 5.64. The van der Waals surface area contributed by atoms with Gasteiger partial charge in [-0.3, -0.25) is 0 Å². The molecular formula is C15H8BrClFNS. The number of hydrogen-bond donors (Lipinski definition) is 0. The highest BCUT2D eigenvalue weighted by Crippen LogP contribution is 2.35. The van der Waals surface area contributed by atoms with Crippen LogP contribution in [0.5, 0.6) is 0 Å². The second-order valence-electron chi connectivity index (χ2n) is 4.14. The minimum atomic E-state index is -0.346. The summed E-state index contributed by atoms with van der Waals surface area (Å²) >= 11 is 11.1. The molecule has 3 aromatic rings. The average molecular weight is 369 g/mol. The van der Waals surface area contributed by atoms with Crippen LogP contribution in [0.15, 0.2) is 52.3 Å². The highest BCUT2D eigenvalue weighted by atomic mass is 79.9. The van der Waals surface area contributed by atoms with Gasteiger partial charge in [0.1, 0.15) is 10.8 Å². The van der Waals surface area contributed by atoms with Gasteiger partial charge in [0.05, 0.1) is 10.7 Å². The number of rotatable bonds is 2. The zero-order valence-electron chi connectivity index (χ0n) is 10.1. The molecule has 5 heteroatoms. The predicted octanol–water partition coefficient (Wildman–Crippen LogP) is 6.03. The van der Waals surface area contributed by atoms with Gasteiger partial charge in [-0.15, -0.1) is 11.3 Å². The Hall–Kier alpha value is -1.23. The summed E-state index contributed by atoms with van der Waals surface area (Å²) in [4.78, 5) is 4.58. The Bertz CT molecular complexity index is 772. The molecule has 0 aliphatic heterocycles. The third kappa shape index (κ3) is 2.64. The zero-order chi connectivity index (χ0) is 14.1. The molecule has 100 valence electrons. The number of thiazole rings is 1. The Balaban J connectivity index is 2.04. The lowest BCUT2D eigenvalue weighted by Crippen LogP contribution is -1.83. The molecular weight excluding hydrogens is 361 g/mol. The van der Waals surface area contributed by atoms with Crippen molar-refractivity contribution in [2.75, 3.05) is 0 Å². The molecule has 0 saturated carbocycles. The van der Waals surface area contributed by atoms with Crippen molar-refractivity contribution in [1.29, 1.82) is 0 Å². The van der Waals surface area contributed by atoms with Gasteiger partial charge in [0.15, 0.2) is 0 Å². The highest BCUT2D eigenvalue weighted by molar-refractivity contribution is 9.10. The van der Waals surface area contributed by atoms with E-state index in [2.05, 4.69) is 20.9 Å². The molecule has 0 unspecified atom stereocenters. The Morgan fingerprint density at radius 1 is 1.10 bits per heavy atom. The Morgan fingerprint density at radius 2 is 1.90 bits per heavy atom. The van der Waals surface area contributed by atoms with Crippen molar-refractivity contribution in [2.24, 2.45) is 0 Å². The van der Waals surface area contributed by atoms with Gasteiger partial charge in [-0.25, -0.2) is 9.37 Å². The average Bonchev–Trinajstić information content (AvgIpc) is 2.88. The second-order valence-corrected chi connectivity index (χ2v) is 6.26. The first-order chi connectivity index (χ1) is 9.65. The first kappa shape index (κ1) is 13.7. The normalized spacial score (nSPS) is 10.8. The van der Waals surface area contributed by atoms with E-state index in [-0.39, 0.29) is 5.82 Å². The molecule has 0 atom stereocenters. The van der Waals surface area contributed by atoms with Crippen LogP contribution in [0.4, 0.5) is 4.39 Å². The lowest BCUT2D eigenvalue weighted by atomic mass is 10.2. The van der Waals surface area contributed by atoms with Gasteiger partial charge in [0.25, 0.3) is 0 Å². The van der Waals surface area contributed by atoms with Crippen molar-refractivity contribution in [1.82, 2.24) is 4.98 Å². The maximum absolute atomic E-state index is 13.1. The van der Waals surface area contributed by atoms with Gasteiger partial charge in [0.2, 0.25) is 0 Å². The summed E-state index contributed by atoms with van der Waals surface area (Å²) in [6, 6.07) is 12.2. The first-order valence-corrected chi connectivity index (χ1v) is 7.86. The molecule has 0 bridgehead atoms. The van der Waals surface area contributed by atoms with Gasteiger partial charge in [-0.05, 0) is 24.3 Å². The smallest absolute Gasteiger partial charge is 0.125 e. The summed E-state index contributed by atoms with van der Waals surface area (Å²) in [6.07, 6.45) is 0. The lowest BCUT2D eigenvalue weighted by molar-refractivity contribution is 0.628. The monoisotopic (exact) mass is 367 g/mol. The number of hydrogen-bond acceptors (Lipinski definition) is 2. The largest absolute Gasteiger partial charge is 0.236 e. The van der Waals surface area contributed by atoms with Crippen LogP contribution in [-0.4, -0.2) is 4.98 Å². The fourth-order valence-corrected chi connectivity index (χ4v) is 3.51. The number of benzene rings is 2. The van der Waals surface area contributed by atoms with E-state index in [9.17, 15) is 4.39 Å². The lowest BCUT2D eigenvalue weighted by Gasteiger charge is -2.01. The molecule has 0 N–H and O–H groups in total. The van der Waals surface area contributed by atoms with Crippen LogP contribution in [0.3, 0.4) is 0 Å². The molecule has 0 radical (unpaired) electrons. The third-order valence-electron chi connectivity index (χ3n) is 2.82. The van der Waals surface area contributed by atoms with Crippen LogP contribution < -0.4 is 0 Å². The van der Waals surface area contributed by atoms with Crippen LogP contribution >= 0.6 is 38.9 Å². The van der Waals surface area contributed by atoms with Crippen molar-refractivity contribution in [3.8, 4) is 21.8 Å². The maximum atomic E-state index is 13.1. The molecule has 2 aromatic carbocycles. The topological polar surface area (TPSA) is 12.9 Å². The first-order valence-electron chi connectivity index (χ1n) is 5.81. The molecule has 0 saturated heterocycles. The third-order valence-corrected chi connectivity index (χ3v) is 4.70. The minimum absolute atomic E-state index is 0.346. The summed E-state index contributed by atoms with van der Waals surface area (Å²) in [6.45, 7) is 0. The van der Waals surface area contributed by atoms with Crippen molar-refractivity contribution >= 4 is 38.9 Å². The van der Waals surface area contributed by atoms with Crippen molar-refractivity contribution in [3.63, 3.8) is 0 Å². The van der Waals surface area contributed by atoms with Gasteiger partial charge < -0.3 is 0 Å². The van der Waals surface area contributed by atoms with E-state index in [0.29, 0.717) is 5.02 Å². The summed E-state index contributed by atoms with van der Waals surface area (Å²) in [7, 11) is 0.